The number of nitrogens with one attached hydrogen (secondary N) is 2. The van der Waals surface area contributed by atoms with Gasteiger partial charge in [-0.25, -0.2) is 0 Å². The van der Waals surface area contributed by atoms with E-state index in [-0.39, 0.29) is 17.9 Å². The molecular formula is C13H24N2O2. The van der Waals surface area contributed by atoms with Crippen LogP contribution in [0.3, 0.4) is 0 Å². The molecule has 98 valence electrons. The Balaban J connectivity index is 1.64. The predicted octanol–water partition coefficient (Wildman–Crippen LogP) is 0.509. The Morgan fingerprint density at radius 3 is 2.82 bits per heavy atom. The van der Waals surface area contributed by atoms with E-state index in [0.717, 1.165) is 12.5 Å². The Bertz CT molecular complexity index is 270. The molecule has 4 unspecified atom stereocenters. The van der Waals surface area contributed by atoms with E-state index in [1.165, 1.54) is 19.3 Å². The third kappa shape index (κ3) is 3.68. The van der Waals surface area contributed by atoms with Crippen LogP contribution in [0.2, 0.25) is 0 Å². The topological polar surface area (TPSA) is 61.4 Å². The highest BCUT2D eigenvalue weighted by Crippen LogP contribution is 2.32. The summed E-state index contributed by atoms with van der Waals surface area (Å²) in [5.41, 5.74) is 0. The molecular weight excluding hydrogens is 216 g/mol. The standard InChI is InChI=1S/C13H24N2O2/c1-9-2-3-10(4-9)5-13(17)15-7-11-6-14-8-12(11)16/h9-12,14,16H,2-8H2,1H3,(H,15,17). The van der Waals surface area contributed by atoms with Crippen LogP contribution in [0, 0.1) is 17.8 Å². The van der Waals surface area contributed by atoms with Gasteiger partial charge in [0.15, 0.2) is 0 Å². The fourth-order valence-electron chi connectivity index (χ4n) is 3.02. The number of aliphatic hydroxyl groups excluding tert-OH is 1. The number of β-amino-alcohol motifs (C(OH)–C–C–N with tert-alkyl or cyclic N) is 1. The second kappa shape index (κ2) is 5.83. The van der Waals surface area contributed by atoms with Crippen molar-refractivity contribution in [1.82, 2.24) is 10.6 Å². The van der Waals surface area contributed by atoms with E-state index in [0.29, 0.717) is 25.4 Å². The van der Waals surface area contributed by atoms with Crippen molar-refractivity contribution in [1.29, 1.82) is 0 Å². The van der Waals surface area contributed by atoms with Gasteiger partial charge in [-0.2, -0.15) is 0 Å². The van der Waals surface area contributed by atoms with Crippen molar-refractivity contribution in [3.8, 4) is 0 Å². The van der Waals surface area contributed by atoms with E-state index in [4.69, 9.17) is 0 Å². The average molecular weight is 240 g/mol. The maximum Gasteiger partial charge on any atom is 0.220 e. The number of hydrogen-bond acceptors (Lipinski definition) is 3. The van der Waals surface area contributed by atoms with Crippen LogP contribution in [0.15, 0.2) is 0 Å². The molecule has 1 saturated heterocycles. The molecule has 4 heteroatoms. The molecule has 2 aliphatic rings. The molecule has 17 heavy (non-hydrogen) atoms. The SMILES string of the molecule is CC1CCC(CC(=O)NCC2CNCC2O)C1. The fraction of sp³-hybridized carbons (Fsp3) is 0.923. The maximum absolute atomic E-state index is 11.8. The Morgan fingerprint density at radius 1 is 1.41 bits per heavy atom. The van der Waals surface area contributed by atoms with Crippen LogP contribution in [0.1, 0.15) is 32.6 Å². The van der Waals surface area contributed by atoms with E-state index in [2.05, 4.69) is 17.6 Å². The molecule has 2 fully saturated rings. The molecule has 4 nitrogen and oxygen atoms in total. The third-order valence-corrected chi connectivity index (χ3v) is 4.14. The fourth-order valence-corrected chi connectivity index (χ4v) is 3.02. The number of aliphatic hydroxyl groups is 1. The zero-order chi connectivity index (χ0) is 12.3. The van der Waals surface area contributed by atoms with Gasteiger partial charge in [0.2, 0.25) is 5.91 Å². The first-order valence-electron chi connectivity index (χ1n) is 6.80. The minimum absolute atomic E-state index is 0.156. The number of carbonyl (C=O) groups is 1. The van der Waals surface area contributed by atoms with Crippen molar-refractivity contribution < 1.29 is 9.90 Å². The Morgan fingerprint density at radius 2 is 2.24 bits per heavy atom. The van der Waals surface area contributed by atoms with E-state index in [1.807, 2.05) is 0 Å². The largest absolute Gasteiger partial charge is 0.391 e. The van der Waals surface area contributed by atoms with Crippen LogP contribution in [0.5, 0.6) is 0 Å². The number of rotatable bonds is 4. The van der Waals surface area contributed by atoms with Gasteiger partial charge in [-0.1, -0.05) is 13.3 Å². The summed E-state index contributed by atoms with van der Waals surface area (Å²) in [5, 5.41) is 15.7. The lowest BCUT2D eigenvalue weighted by molar-refractivity contribution is -0.122. The van der Waals surface area contributed by atoms with Crippen molar-refractivity contribution in [2.75, 3.05) is 19.6 Å². The molecule has 1 amide bonds. The van der Waals surface area contributed by atoms with E-state index in [1.54, 1.807) is 0 Å². The van der Waals surface area contributed by atoms with Crippen molar-refractivity contribution in [2.45, 2.75) is 38.7 Å². The van der Waals surface area contributed by atoms with Crippen LogP contribution in [0.4, 0.5) is 0 Å². The zero-order valence-electron chi connectivity index (χ0n) is 10.6. The molecule has 0 aromatic carbocycles. The van der Waals surface area contributed by atoms with Crippen LogP contribution >= 0.6 is 0 Å². The highest BCUT2D eigenvalue weighted by atomic mass is 16.3. The lowest BCUT2D eigenvalue weighted by Gasteiger charge is -2.15. The van der Waals surface area contributed by atoms with E-state index >= 15 is 0 Å². The summed E-state index contributed by atoms with van der Waals surface area (Å²) in [5.74, 6) is 1.70. The normalized spacial score (nSPS) is 37.3. The molecule has 0 aromatic heterocycles. The lowest BCUT2D eigenvalue weighted by atomic mass is 10.0. The Kier molecular flexibility index (Phi) is 4.40. The summed E-state index contributed by atoms with van der Waals surface area (Å²) < 4.78 is 0. The lowest BCUT2D eigenvalue weighted by Crippen LogP contribution is -2.34. The smallest absolute Gasteiger partial charge is 0.220 e. The molecule has 3 N–H and O–H groups in total. The molecule has 0 aromatic rings. The predicted molar refractivity (Wildman–Crippen MR) is 66.5 cm³/mol. The van der Waals surface area contributed by atoms with Gasteiger partial charge in [-0.15, -0.1) is 0 Å². The second-order valence-electron chi connectivity index (χ2n) is 5.78. The van der Waals surface area contributed by atoms with Gasteiger partial charge in [0.05, 0.1) is 6.10 Å². The van der Waals surface area contributed by atoms with Crippen LogP contribution < -0.4 is 10.6 Å². The third-order valence-electron chi connectivity index (χ3n) is 4.14. The molecule has 0 radical (unpaired) electrons. The maximum atomic E-state index is 11.8. The summed E-state index contributed by atoms with van der Waals surface area (Å²) >= 11 is 0. The summed E-state index contributed by atoms with van der Waals surface area (Å²) in [6, 6.07) is 0. The van der Waals surface area contributed by atoms with Crippen LogP contribution in [-0.2, 0) is 4.79 Å². The van der Waals surface area contributed by atoms with Crippen molar-refractivity contribution >= 4 is 5.91 Å². The molecule has 1 aliphatic heterocycles. The zero-order valence-corrected chi connectivity index (χ0v) is 10.6. The van der Waals surface area contributed by atoms with Crippen molar-refractivity contribution in [3.05, 3.63) is 0 Å². The molecule has 2 rings (SSSR count). The van der Waals surface area contributed by atoms with Crippen molar-refractivity contribution in [3.63, 3.8) is 0 Å². The van der Waals surface area contributed by atoms with Crippen LogP contribution in [-0.4, -0.2) is 36.8 Å². The average Bonchev–Trinajstić information content (AvgIpc) is 2.85. The second-order valence-corrected chi connectivity index (χ2v) is 5.78. The van der Waals surface area contributed by atoms with Crippen LogP contribution in [0.25, 0.3) is 0 Å². The van der Waals surface area contributed by atoms with Gasteiger partial charge >= 0.3 is 0 Å². The molecule has 0 spiro atoms. The summed E-state index contributed by atoms with van der Waals surface area (Å²) in [6.07, 6.45) is 4.02. The van der Waals surface area contributed by atoms with E-state index in [9.17, 15) is 9.90 Å². The highest BCUT2D eigenvalue weighted by molar-refractivity contribution is 5.76. The summed E-state index contributed by atoms with van der Waals surface area (Å²) in [7, 11) is 0. The van der Waals surface area contributed by atoms with Gasteiger partial charge < -0.3 is 15.7 Å². The van der Waals surface area contributed by atoms with Gasteiger partial charge in [0.25, 0.3) is 0 Å². The first-order valence-corrected chi connectivity index (χ1v) is 6.80. The molecule has 4 atom stereocenters. The monoisotopic (exact) mass is 240 g/mol. The molecule has 1 saturated carbocycles. The molecule has 0 bridgehead atoms. The highest BCUT2D eigenvalue weighted by Gasteiger charge is 2.26. The van der Waals surface area contributed by atoms with Gasteiger partial charge in [0, 0.05) is 32.0 Å². The van der Waals surface area contributed by atoms with Crippen molar-refractivity contribution in [2.24, 2.45) is 17.8 Å². The molecule has 1 aliphatic carbocycles. The van der Waals surface area contributed by atoms with Gasteiger partial charge in [-0.05, 0) is 24.7 Å². The Hall–Kier alpha value is -0.610. The minimum Gasteiger partial charge on any atom is -0.391 e. The summed E-state index contributed by atoms with van der Waals surface area (Å²) in [6.45, 7) is 4.33. The Labute approximate surface area is 103 Å². The number of amides is 1. The minimum atomic E-state index is -0.304. The first kappa shape index (κ1) is 12.8. The molecule has 1 heterocycles. The number of hydrogen-bond donors (Lipinski definition) is 3. The summed E-state index contributed by atoms with van der Waals surface area (Å²) in [4.78, 5) is 11.8. The quantitative estimate of drug-likeness (QED) is 0.671. The van der Waals surface area contributed by atoms with Gasteiger partial charge in [-0.3, -0.25) is 4.79 Å². The first-order chi connectivity index (χ1) is 8.15. The van der Waals surface area contributed by atoms with Gasteiger partial charge in [0.1, 0.15) is 0 Å². The van der Waals surface area contributed by atoms with E-state index < -0.39 is 0 Å². The number of carbonyl (C=O) groups excluding carboxylic acids is 1.